The van der Waals surface area contributed by atoms with E-state index in [4.69, 9.17) is 9.47 Å². The summed E-state index contributed by atoms with van der Waals surface area (Å²) in [5.74, 6) is 2.09. The van der Waals surface area contributed by atoms with Gasteiger partial charge in [-0.1, -0.05) is 31.5 Å². The minimum atomic E-state index is -0.253. The Hall–Kier alpha value is -4.18. The zero-order chi connectivity index (χ0) is 27.3. The van der Waals surface area contributed by atoms with Crippen LogP contribution in [0.4, 0.5) is 0 Å². The van der Waals surface area contributed by atoms with E-state index in [9.17, 15) is 4.79 Å². The summed E-state index contributed by atoms with van der Waals surface area (Å²) < 4.78 is 13.2. The summed E-state index contributed by atoms with van der Waals surface area (Å²) in [6.07, 6.45) is 8.42. The van der Waals surface area contributed by atoms with Crippen LogP contribution in [0.25, 0.3) is 17.1 Å². The van der Waals surface area contributed by atoms with Crippen LogP contribution in [-0.4, -0.2) is 50.8 Å². The van der Waals surface area contributed by atoms with Crippen LogP contribution in [-0.2, 0) is 4.79 Å². The molecule has 1 N–H and O–H groups in total. The van der Waals surface area contributed by atoms with Gasteiger partial charge in [0.2, 0.25) is 0 Å². The van der Waals surface area contributed by atoms with Crippen LogP contribution in [0, 0.1) is 0 Å². The Morgan fingerprint density at radius 1 is 1.00 bits per heavy atom. The third-order valence-corrected chi connectivity index (χ3v) is 6.52. The first kappa shape index (κ1) is 27.8. The van der Waals surface area contributed by atoms with Crippen molar-refractivity contribution in [2.24, 2.45) is 5.10 Å². The quantitative estimate of drug-likeness (QED) is 0.0962. The number of hydrazone groups is 1. The molecule has 0 aliphatic heterocycles. The first-order valence-electron chi connectivity index (χ1n) is 12.9. The lowest BCUT2D eigenvalue weighted by Crippen LogP contribution is -2.20. The second-order valence-electron chi connectivity index (χ2n) is 8.52. The molecule has 0 aliphatic carbocycles. The van der Waals surface area contributed by atoms with E-state index >= 15 is 0 Å². The Labute approximate surface area is 232 Å². The molecule has 39 heavy (non-hydrogen) atoms. The van der Waals surface area contributed by atoms with Gasteiger partial charge in [0.25, 0.3) is 5.91 Å². The highest BCUT2D eigenvalue weighted by atomic mass is 32.2. The molecule has 2 aromatic heterocycles. The summed E-state index contributed by atoms with van der Waals surface area (Å²) >= 11 is 1.27. The topological polar surface area (TPSA) is 104 Å². The molecule has 0 bridgehead atoms. The Kier molecular flexibility index (Phi) is 10.5. The molecule has 0 fully saturated rings. The Morgan fingerprint density at radius 3 is 2.49 bits per heavy atom. The molecule has 1 amide bonds. The fourth-order valence-electron chi connectivity index (χ4n) is 3.67. The Bertz CT molecular complexity index is 1340. The van der Waals surface area contributed by atoms with E-state index in [1.807, 2.05) is 72.2 Å². The zero-order valence-electron chi connectivity index (χ0n) is 22.1. The van der Waals surface area contributed by atoms with Crippen molar-refractivity contribution in [3.05, 3.63) is 78.6 Å². The number of pyridine rings is 1. The molecule has 2 heterocycles. The number of hydrogen-bond acceptors (Lipinski definition) is 8. The van der Waals surface area contributed by atoms with Crippen LogP contribution in [0.15, 0.2) is 83.3 Å². The number of amides is 1. The lowest BCUT2D eigenvalue weighted by Gasteiger charge is -2.11. The van der Waals surface area contributed by atoms with Crippen molar-refractivity contribution < 1.29 is 14.3 Å². The van der Waals surface area contributed by atoms with Gasteiger partial charge in [-0.25, -0.2) is 5.43 Å². The molecular formula is C29H32N6O3S. The number of nitrogens with one attached hydrogen (secondary N) is 1. The predicted octanol–water partition coefficient (Wildman–Crippen LogP) is 5.54. The highest BCUT2D eigenvalue weighted by molar-refractivity contribution is 7.99. The van der Waals surface area contributed by atoms with E-state index in [0.29, 0.717) is 24.2 Å². The van der Waals surface area contributed by atoms with Crippen LogP contribution in [0.1, 0.15) is 38.7 Å². The molecule has 0 atom stereocenters. The number of thioether (sulfide) groups is 1. The number of ether oxygens (including phenoxy) is 2. The molecule has 0 saturated carbocycles. The van der Waals surface area contributed by atoms with Gasteiger partial charge in [0.05, 0.1) is 25.2 Å². The zero-order valence-corrected chi connectivity index (χ0v) is 22.9. The number of carbonyl (C=O) groups excluding carboxylic acids is 1. The summed E-state index contributed by atoms with van der Waals surface area (Å²) in [7, 11) is 0. The lowest BCUT2D eigenvalue weighted by molar-refractivity contribution is -0.118. The molecule has 202 valence electrons. The van der Waals surface area contributed by atoms with Gasteiger partial charge < -0.3 is 9.47 Å². The van der Waals surface area contributed by atoms with Crippen molar-refractivity contribution >= 4 is 23.9 Å². The fourth-order valence-corrected chi connectivity index (χ4v) is 4.41. The number of carbonyl (C=O) groups is 1. The second kappa shape index (κ2) is 14.7. The number of benzene rings is 2. The number of unbranched alkanes of at least 4 members (excludes halogenated alkanes) is 2. The van der Waals surface area contributed by atoms with Gasteiger partial charge in [-0.15, -0.1) is 10.2 Å². The van der Waals surface area contributed by atoms with Gasteiger partial charge in [-0.05, 0) is 79.6 Å². The van der Waals surface area contributed by atoms with Crippen LogP contribution in [0.5, 0.6) is 11.5 Å². The first-order chi connectivity index (χ1) is 19.2. The van der Waals surface area contributed by atoms with Crippen LogP contribution in [0.3, 0.4) is 0 Å². The SMILES string of the molecule is CCCCCOc1ccc(/C=N/NC(=O)CSc2nnc(-c3cccnc3)n2-c2ccc(OCC)cc2)cc1. The van der Waals surface area contributed by atoms with Gasteiger partial charge in [0, 0.05) is 23.6 Å². The number of hydrogen-bond donors (Lipinski definition) is 1. The van der Waals surface area contributed by atoms with Crippen LogP contribution >= 0.6 is 11.8 Å². The van der Waals surface area contributed by atoms with Crippen LogP contribution < -0.4 is 14.9 Å². The molecule has 9 nitrogen and oxygen atoms in total. The average molecular weight is 545 g/mol. The van der Waals surface area contributed by atoms with Crippen molar-refractivity contribution in [1.29, 1.82) is 0 Å². The molecule has 10 heteroatoms. The third kappa shape index (κ3) is 8.15. The molecule has 0 radical (unpaired) electrons. The highest BCUT2D eigenvalue weighted by Gasteiger charge is 2.17. The summed E-state index contributed by atoms with van der Waals surface area (Å²) in [5, 5.41) is 13.4. The van der Waals surface area contributed by atoms with E-state index < -0.39 is 0 Å². The van der Waals surface area contributed by atoms with Crippen molar-refractivity contribution in [2.45, 2.75) is 38.3 Å². The Morgan fingerprint density at radius 2 is 1.77 bits per heavy atom. The summed E-state index contributed by atoms with van der Waals surface area (Å²) in [6, 6.07) is 19.0. The fraction of sp³-hybridized carbons (Fsp3) is 0.276. The molecule has 4 aromatic rings. The number of nitrogens with zero attached hydrogens (tertiary/aromatic N) is 5. The summed E-state index contributed by atoms with van der Waals surface area (Å²) in [6.45, 7) is 5.41. The van der Waals surface area contributed by atoms with E-state index in [0.717, 1.165) is 41.2 Å². The average Bonchev–Trinajstić information content (AvgIpc) is 3.40. The number of rotatable bonds is 14. The molecule has 0 unspecified atom stereocenters. The number of aromatic nitrogens is 4. The van der Waals surface area contributed by atoms with E-state index in [-0.39, 0.29) is 11.7 Å². The maximum absolute atomic E-state index is 12.5. The lowest BCUT2D eigenvalue weighted by atomic mass is 10.2. The normalized spacial score (nSPS) is 11.0. The molecule has 2 aromatic carbocycles. The van der Waals surface area contributed by atoms with E-state index in [1.165, 1.54) is 18.2 Å². The monoisotopic (exact) mass is 544 g/mol. The molecule has 0 aliphatic rings. The van der Waals surface area contributed by atoms with Gasteiger partial charge in [0.15, 0.2) is 11.0 Å². The van der Waals surface area contributed by atoms with E-state index in [1.54, 1.807) is 18.6 Å². The molecule has 4 rings (SSSR count). The Balaban J connectivity index is 1.38. The maximum Gasteiger partial charge on any atom is 0.250 e. The smallest absolute Gasteiger partial charge is 0.250 e. The molecule has 0 spiro atoms. The van der Waals surface area contributed by atoms with Gasteiger partial charge in [-0.3, -0.25) is 14.3 Å². The van der Waals surface area contributed by atoms with Crippen molar-refractivity contribution in [3.63, 3.8) is 0 Å². The summed E-state index contributed by atoms with van der Waals surface area (Å²) in [5.41, 5.74) is 5.10. The van der Waals surface area contributed by atoms with Crippen molar-refractivity contribution in [3.8, 4) is 28.6 Å². The largest absolute Gasteiger partial charge is 0.494 e. The van der Waals surface area contributed by atoms with Crippen molar-refractivity contribution in [2.75, 3.05) is 19.0 Å². The van der Waals surface area contributed by atoms with Gasteiger partial charge in [0.1, 0.15) is 11.5 Å². The van der Waals surface area contributed by atoms with Gasteiger partial charge in [-0.2, -0.15) is 5.10 Å². The maximum atomic E-state index is 12.5. The third-order valence-electron chi connectivity index (χ3n) is 5.59. The second-order valence-corrected chi connectivity index (χ2v) is 9.46. The molecule has 0 saturated heterocycles. The highest BCUT2D eigenvalue weighted by Crippen LogP contribution is 2.28. The van der Waals surface area contributed by atoms with Gasteiger partial charge >= 0.3 is 0 Å². The first-order valence-corrected chi connectivity index (χ1v) is 13.9. The van der Waals surface area contributed by atoms with Crippen LogP contribution in [0.2, 0.25) is 0 Å². The standard InChI is InChI=1S/C29H32N6O3S/c1-3-5-6-18-38-26-13-9-22(10-14-26)19-31-32-27(36)21-39-29-34-33-28(23-8-7-17-30-20-23)35(29)24-11-15-25(16-12-24)37-4-2/h7-17,19-20H,3-6,18,21H2,1-2H3,(H,32,36)/b31-19+. The van der Waals surface area contributed by atoms with Crippen molar-refractivity contribution in [1.82, 2.24) is 25.2 Å². The summed E-state index contributed by atoms with van der Waals surface area (Å²) in [4.78, 5) is 16.7. The minimum Gasteiger partial charge on any atom is -0.494 e. The van der Waals surface area contributed by atoms with E-state index in [2.05, 4.69) is 32.6 Å². The molecular weight excluding hydrogens is 512 g/mol. The minimum absolute atomic E-state index is 0.115. The predicted molar refractivity (Wildman–Crippen MR) is 154 cm³/mol.